The molecule has 0 spiro atoms. The Morgan fingerprint density at radius 1 is 1.25 bits per heavy atom. The van der Waals surface area contributed by atoms with Gasteiger partial charge in [0.25, 0.3) is 0 Å². The number of ketones is 2. The smallest absolute Gasteiger partial charge is 0.155 e. The van der Waals surface area contributed by atoms with Crippen LogP contribution < -0.4 is 0 Å². The Morgan fingerprint density at radius 2 is 1.92 bits per heavy atom. The first-order valence-electron chi connectivity index (χ1n) is 8.58. The zero-order valence-electron chi connectivity index (χ0n) is 15.2. The normalized spacial score (nSPS) is 11.8. The largest absolute Gasteiger partial charge is 0.320 e. The molecule has 4 nitrogen and oxygen atoms in total. The van der Waals surface area contributed by atoms with Gasteiger partial charge in [-0.3, -0.25) is 4.79 Å². The van der Waals surface area contributed by atoms with Crippen LogP contribution in [0.4, 0.5) is 4.39 Å². The lowest BCUT2D eigenvalue weighted by Crippen LogP contribution is -2.19. The second-order valence-electron chi connectivity index (χ2n) is 5.72. The lowest BCUT2D eigenvalue weighted by atomic mass is 10.0. The maximum Gasteiger partial charge on any atom is 0.155 e. The van der Waals surface area contributed by atoms with Crippen molar-refractivity contribution in [3.63, 3.8) is 0 Å². The van der Waals surface area contributed by atoms with Crippen LogP contribution in [-0.2, 0) is 9.59 Å². The highest BCUT2D eigenvalue weighted by Gasteiger charge is 2.22. The van der Waals surface area contributed by atoms with Gasteiger partial charge in [0.2, 0.25) is 0 Å². The fourth-order valence-corrected chi connectivity index (χ4v) is 2.72. The number of hydrogen-bond donors (Lipinski definition) is 0. The molecule has 0 saturated carbocycles. The SMILES string of the molecule is CC.CCCC(=O)C(CCC(C)=O)n1cnc2c(C)cc(F)cc21. The van der Waals surface area contributed by atoms with Gasteiger partial charge in [-0.05, 0) is 44.4 Å². The molecular weight excluding hydrogens is 307 g/mol. The van der Waals surface area contributed by atoms with Gasteiger partial charge in [-0.2, -0.15) is 0 Å². The van der Waals surface area contributed by atoms with E-state index >= 15 is 0 Å². The molecule has 0 amide bonds. The van der Waals surface area contributed by atoms with Crippen molar-refractivity contribution in [2.24, 2.45) is 0 Å². The molecule has 1 aromatic heterocycles. The number of imidazole rings is 1. The van der Waals surface area contributed by atoms with Crippen LogP contribution in [0.25, 0.3) is 11.0 Å². The standard InChI is InChI=1S/C17H21FN2O2.C2H6/c1-4-5-16(22)14(7-6-12(3)21)20-10-19-17-11(2)8-13(18)9-15(17)20;1-2/h8-10,14H,4-7H2,1-3H3;1-2H3. The fraction of sp³-hybridized carbons (Fsp3) is 0.526. The zero-order chi connectivity index (χ0) is 18.3. The minimum atomic E-state index is -0.463. The topological polar surface area (TPSA) is 52.0 Å². The van der Waals surface area contributed by atoms with Crippen LogP contribution in [0.15, 0.2) is 18.5 Å². The van der Waals surface area contributed by atoms with Crippen molar-refractivity contribution >= 4 is 22.6 Å². The number of aromatic nitrogens is 2. The quantitative estimate of drug-likeness (QED) is 0.731. The minimum absolute atomic E-state index is 0.0427. The average molecular weight is 334 g/mol. The Labute approximate surface area is 143 Å². The summed E-state index contributed by atoms with van der Waals surface area (Å²) in [6, 6.07) is 2.36. The lowest BCUT2D eigenvalue weighted by Gasteiger charge is -2.18. The van der Waals surface area contributed by atoms with Gasteiger partial charge >= 0.3 is 0 Å². The van der Waals surface area contributed by atoms with Gasteiger partial charge in [-0.1, -0.05) is 20.8 Å². The first-order chi connectivity index (χ1) is 11.4. The molecule has 132 valence electrons. The Bertz CT molecular complexity index is 707. The van der Waals surface area contributed by atoms with Gasteiger partial charge in [0.05, 0.1) is 23.4 Å². The molecule has 0 N–H and O–H groups in total. The molecule has 24 heavy (non-hydrogen) atoms. The maximum atomic E-state index is 13.7. The van der Waals surface area contributed by atoms with E-state index in [2.05, 4.69) is 4.98 Å². The molecule has 5 heteroatoms. The molecule has 2 aromatic rings. The number of nitrogens with zero attached hydrogens (tertiary/aromatic N) is 2. The number of aryl methyl sites for hydroxylation is 1. The van der Waals surface area contributed by atoms with Crippen molar-refractivity contribution in [3.8, 4) is 0 Å². The molecule has 0 aliphatic heterocycles. The molecule has 0 bridgehead atoms. The summed E-state index contributed by atoms with van der Waals surface area (Å²) in [6.45, 7) is 9.24. The summed E-state index contributed by atoms with van der Waals surface area (Å²) in [5.74, 6) is -0.244. The number of Topliss-reactive ketones (excluding diaryl/α,β-unsaturated/α-hetero) is 2. The fourth-order valence-electron chi connectivity index (χ4n) is 2.72. The second-order valence-corrected chi connectivity index (χ2v) is 5.72. The maximum absolute atomic E-state index is 13.7. The van der Waals surface area contributed by atoms with E-state index in [0.29, 0.717) is 30.3 Å². The van der Waals surface area contributed by atoms with Crippen molar-refractivity contribution in [3.05, 3.63) is 29.8 Å². The highest BCUT2D eigenvalue weighted by atomic mass is 19.1. The molecular formula is C19H27FN2O2. The van der Waals surface area contributed by atoms with E-state index in [-0.39, 0.29) is 17.4 Å². The highest BCUT2D eigenvalue weighted by Crippen LogP contribution is 2.26. The van der Waals surface area contributed by atoms with E-state index in [0.717, 1.165) is 12.0 Å². The molecule has 0 aliphatic carbocycles. The summed E-state index contributed by atoms with van der Waals surface area (Å²) in [5.41, 5.74) is 2.04. The van der Waals surface area contributed by atoms with Gasteiger partial charge in [0, 0.05) is 12.8 Å². The van der Waals surface area contributed by atoms with Gasteiger partial charge < -0.3 is 9.36 Å². The number of rotatable bonds is 7. The third kappa shape index (κ3) is 4.73. The monoisotopic (exact) mass is 334 g/mol. The predicted octanol–water partition coefficient (Wildman–Crippen LogP) is 4.79. The number of hydrogen-bond acceptors (Lipinski definition) is 3. The van der Waals surface area contributed by atoms with Crippen molar-refractivity contribution < 1.29 is 14.0 Å². The predicted molar refractivity (Wildman–Crippen MR) is 94.6 cm³/mol. The lowest BCUT2D eigenvalue weighted by molar-refractivity contribution is -0.122. The average Bonchev–Trinajstić information content (AvgIpc) is 2.93. The number of carbonyl (C=O) groups is 2. The van der Waals surface area contributed by atoms with Crippen molar-refractivity contribution in [2.75, 3.05) is 0 Å². The van der Waals surface area contributed by atoms with Crippen LogP contribution in [-0.4, -0.2) is 21.1 Å². The van der Waals surface area contributed by atoms with E-state index in [4.69, 9.17) is 0 Å². The van der Waals surface area contributed by atoms with Crippen LogP contribution in [0.3, 0.4) is 0 Å². The van der Waals surface area contributed by atoms with E-state index < -0.39 is 6.04 Å². The van der Waals surface area contributed by atoms with E-state index in [1.165, 1.54) is 19.1 Å². The molecule has 1 heterocycles. The van der Waals surface area contributed by atoms with Crippen molar-refractivity contribution in [1.29, 1.82) is 0 Å². The number of benzene rings is 1. The third-order valence-electron chi connectivity index (χ3n) is 3.81. The van der Waals surface area contributed by atoms with E-state index in [1.54, 1.807) is 17.8 Å². The Balaban J connectivity index is 0.00000139. The Kier molecular flexibility index (Phi) is 7.75. The van der Waals surface area contributed by atoms with Crippen LogP contribution >= 0.6 is 0 Å². The first-order valence-corrected chi connectivity index (χ1v) is 8.58. The van der Waals surface area contributed by atoms with E-state index in [9.17, 15) is 14.0 Å². The minimum Gasteiger partial charge on any atom is -0.320 e. The molecule has 0 saturated heterocycles. The van der Waals surface area contributed by atoms with Crippen LogP contribution in [0.2, 0.25) is 0 Å². The molecule has 0 aliphatic rings. The zero-order valence-corrected chi connectivity index (χ0v) is 15.2. The molecule has 1 atom stereocenters. The summed E-state index contributed by atoms with van der Waals surface area (Å²) in [6.07, 6.45) is 3.52. The van der Waals surface area contributed by atoms with Gasteiger partial charge in [0.1, 0.15) is 11.6 Å². The van der Waals surface area contributed by atoms with Gasteiger partial charge in [-0.25, -0.2) is 9.37 Å². The molecule has 1 unspecified atom stereocenters. The summed E-state index contributed by atoms with van der Waals surface area (Å²) in [4.78, 5) is 28.0. The first kappa shape index (κ1) is 20.0. The highest BCUT2D eigenvalue weighted by molar-refractivity contribution is 5.87. The van der Waals surface area contributed by atoms with Gasteiger partial charge in [0.15, 0.2) is 5.78 Å². The third-order valence-corrected chi connectivity index (χ3v) is 3.81. The summed E-state index contributed by atoms with van der Waals surface area (Å²) in [5, 5.41) is 0. The Hall–Kier alpha value is -2.04. The summed E-state index contributed by atoms with van der Waals surface area (Å²) >= 11 is 0. The van der Waals surface area contributed by atoms with Gasteiger partial charge in [-0.15, -0.1) is 0 Å². The molecule has 0 fully saturated rings. The summed E-state index contributed by atoms with van der Waals surface area (Å²) in [7, 11) is 0. The van der Waals surface area contributed by atoms with E-state index in [1.807, 2.05) is 20.8 Å². The van der Waals surface area contributed by atoms with Crippen LogP contribution in [0.1, 0.15) is 65.0 Å². The summed E-state index contributed by atoms with van der Waals surface area (Å²) < 4.78 is 15.4. The molecule has 2 rings (SSSR count). The van der Waals surface area contributed by atoms with Crippen LogP contribution in [0, 0.1) is 12.7 Å². The van der Waals surface area contributed by atoms with Crippen molar-refractivity contribution in [2.45, 2.75) is 66.3 Å². The number of carbonyl (C=O) groups excluding carboxylic acids is 2. The van der Waals surface area contributed by atoms with Crippen molar-refractivity contribution in [1.82, 2.24) is 9.55 Å². The molecule has 1 aromatic carbocycles. The number of halogens is 1. The second kappa shape index (κ2) is 9.30. The Morgan fingerprint density at radius 3 is 2.50 bits per heavy atom. The van der Waals surface area contributed by atoms with Crippen LogP contribution in [0.5, 0.6) is 0 Å². The number of fused-ring (bicyclic) bond motifs is 1. The molecule has 0 radical (unpaired) electrons.